The third kappa shape index (κ3) is 6.21. The Morgan fingerprint density at radius 1 is 1.30 bits per heavy atom. The van der Waals surface area contributed by atoms with Gasteiger partial charge in [0.05, 0.1) is 13.7 Å². The summed E-state index contributed by atoms with van der Waals surface area (Å²) in [5, 5.41) is 3.24. The van der Waals surface area contributed by atoms with Gasteiger partial charge in [-0.3, -0.25) is 4.79 Å². The number of methoxy groups -OCH3 is 1. The fourth-order valence-corrected chi connectivity index (χ4v) is 2.62. The summed E-state index contributed by atoms with van der Waals surface area (Å²) in [6, 6.07) is 3.33. The summed E-state index contributed by atoms with van der Waals surface area (Å²) in [6.07, 6.45) is 0. The molecule has 0 saturated carbocycles. The molecule has 1 heterocycles. The van der Waals surface area contributed by atoms with Crippen LogP contribution in [-0.4, -0.2) is 32.8 Å². The van der Waals surface area contributed by atoms with E-state index in [1.165, 1.54) is 0 Å². The number of carbonyl (C=O) groups excluding carboxylic acids is 1. The van der Waals surface area contributed by atoms with E-state index in [1.54, 1.807) is 12.1 Å². The third-order valence-corrected chi connectivity index (χ3v) is 3.84. The van der Waals surface area contributed by atoms with E-state index in [-0.39, 0.29) is 11.3 Å². The molecule has 1 aromatic heterocycles. The SMILES string of the molecule is COC(=O)CS(=O)(=O)Cc1ccc(CNC(C)(C)C)o1. The minimum atomic E-state index is -3.56. The van der Waals surface area contributed by atoms with Crippen molar-refractivity contribution in [2.45, 2.75) is 38.6 Å². The average molecular weight is 303 g/mol. The van der Waals surface area contributed by atoms with Crippen LogP contribution in [0, 0.1) is 0 Å². The van der Waals surface area contributed by atoms with Gasteiger partial charge in [-0.05, 0) is 32.9 Å². The molecule has 1 N–H and O–H groups in total. The van der Waals surface area contributed by atoms with E-state index in [0.29, 0.717) is 18.1 Å². The standard InChI is InChI=1S/C13H21NO5S/c1-13(2,3)14-7-10-5-6-11(19-10)8-20(16,17)9-12(15)18-4/h5-6,14H,7-9H2,1-4H3. The number of esters is 1. The highest BCUT2D eigenvalue weighted by atomic mass is 32.2. The molecule has 0 aliphatic carbocycles. The summed E-state index contributed by atoms with van der Waals surface area (Å²) in [5.41, 5.74) is -0.0517. The molecular weight excluding hydrogens is 282 g/mol. The Labute approximate surface area is 119 Å². The second-order valence-electron chi connectivity index (χ2n) is 5.58. The van der Waals surface area contributed by atoms with Gasteiger partial charge in [-0.1, -0.05) is 0 Å². The van der Waals surface area contributed by atoms with Crippen molar-refractivity contribution in [3.8, 4) is 0 Å². The van der Waals surface area contributed by atoms with Crippen LogP contribution in [0.1, 0.15) is 32.3 Å². The fraction of sp³-hybridized carbons (Fsp3) is 0.615. The van der Waals surface area contributed by atoms with Crippen molar-refractivity contribution in [2.24, 2.45) is 0 Å². The Balaban J connectivity index is 2.62. The molecule has 0 saturated heterocycles. The van der Waals surface area contributed by atoms with Crippen LogP contribution in [0.15, 0.2) is 16.5 Å². The first kappa shape index (κ1) is 16.7. The van der Waals surface area contributed by atoms with Gasteiger partial charge in [0.25, 0.3) is 0 Å². The summed E-state index contributed by atoms with van der Waals surface area (Å²) >= 11 is 0. The molecule has 20 heavy (non-hydrogen) atoms. The highest BCUT2D eigenvalue weighted by molar-refractivity contribution is 7.91. The maximum atomic E-state index is 11.7. The summed E-state index contributed by atoms with van der Waals surface area (Å²) in [7, 11) is -2.41. The van der Waals surface area contributed by atoms with Crippen molar-refractivity contribution in [1.29, 1.82) is 0 Å². The van der Waals surface area contributed by atoms with Gasteiger partial charge in [0.1, 0.15) is 23.0 Å². The van der Waals surface area contributed by atoms with E-state index in [9.17, 15) is 13.2 Å². The first-order chi connectivity index (χ1) is 9.11. The zero-order chi connectivity index (χ0) is 15.4. The number of hydrogen-bond donors (Lipinski definition) is 1. The van der Waals surface area contributed by atoms with E-state index in [1.807, 2.05) is 20.8 Å². The van der Waals surface area contributed by atoms with Crippen molar-refractivity contribution in [3.63, 3.8) is 0 Å². The van der Waals surface area contributed by atoms with Gasteiger partial charge >= 0.3 is 5.97 Å². The van der Waals surface area contributed by atoms with Crippen LogP contribution in [0.5, 0.6) is 0 Å². The predicted molar refractivity (Wildman–Crippen MR) is 74.8 cm³/mol. The minimum absolute atomic E-state index is 0.0517. The maximum Gasteiger partial charge on any atom is 0.320 e. The van der Waals surface area contributed by atoms with Crippen molar-refractivity contribution < 1.29 is 22.4 Å². The zero-order valence-corrected chi connectivity index (χ0v) is 13.0. The molecule has 7 heteroatoms. The van der Waals surface area contributed by atoms with E-state index in [2.05, 4.69) is 10.1 Å². The molecule has 0 atom stereocenters. The van der Waals surface area contributed by atoms with E-state index in [0.717, 1.165) is 7.11 Å². The molecule has 0 unspecified atom stereocenters. The maximum absolute atomic E-state index is 11.7. The van der Waals surface area contributed by atoms with E-state index >= 15 is 0 Å². The molecule has 0 aliphatic rings. The van der Waals surface area contributed by atoms with Gasteiger partial charge in [0.2, 0.25) is 0 Å². The van der Waals surface area contributed by atoms with Crippen molar-refractivity contribution in [3.05, 3.63) is 23.7 Å². The molecule has 0 amide bonds. The summed E-state index contributed by atoms with van der Waals surface area (Å²) < 4.78 is 33.2. The van der Waals surface area contributed by atoms with Gasteiger partial charge in [-0.25, -0.2) is 8.42 Å². The smallest absolute Gasteiger partial charge is 0.320 e. The van der Waals surface area contributed by atoms with Crippen LogP contribution in [-0.2, 0) is 31.7 Å². The number of rotatable bonds is 6. The molecule has 0 spiro atoms. The predicted octanol–water partition coefficient (Wildman–Crippen LogP) is 1.26. The zero-order valence-electron chi connectivity index (χ0n) is 12.2. The average Bonchev–Trinajstić information content (AvgIpc) is 2.71. The number of nitrogens with one attached hydrogen (secondary N) is 1. The van der Waals surface area contributed by atoms with Crippen LogP contribution in [0.2, 0.25) is 0 Å². The molecule has 1 rings (SSSR count). The number of hydrogen-bond acceptors (Lipinski definition) is 6. The molecule has 0 aromatic carbocycles. The van der Waals surface area contributed by atoms with Gasteiger partial charge < -0.3 is 14.5 Å². The number of carbonyl (C=O) groups is 1. The van der Waals surface area contributed by atoms with Gasteiger partial charge in [0, 0.05) is 5.54 Å². The second kappa shape index (κ2) is 6.41. The lowest BCUT2D eigenvalue weighted by Gasteiger charge is -2.19. The quantitative estimate of drug-likeness (QED) is 0.796. The Hall–Kier alpha value is -1.34. The van der Waals surface area contributed by atoms with Gasteiger partial charge in [-0.15, -0.1) is 0 Å². The number of sulfone groups is 1. The summed E-state index contributed by atoms with van der Waals surface area (Å²) in [6.45, 7) is 6.59. The normalized spacial score (nSPS) is 12.4. The van der Waals surface area contributed by atoms with Crippen LogP contribution < -0.4 is 5.32 Å². The monoisotopic (exact) mass is 303 g/mol. The molecule has 0 aliphatic heterocycles. The highest BCUT2D eigenvalue weighted by Gasteiger charge is 2.20. The summed E-state index contributed by atoms with van der Waals surface area (Å²) in [5.74, 6) is -0.744. The molecule has 0 fully saturated rings. The molecular formula is C13H21NO5S. The molecule has 114 valence electrons. The Bertz CT molecular complexity index is 554. The molecule has 0 radical (unpaired) electrons. The largest absolute Gasteiger partial charge is 0.468 e. The van der Waals surface area contributed by atoms with Crippen LogP contribution >= 0.6 is 0 Å². The lowest BCUT2D eigenvalue weighted by atomic mass is 10.1. The fourth-order valence-electron chi connectivity index (χ4n) is 1.45. The van der Waals surface area contributed by atoms with Crippen LogP contribution in [0.25, 0.3) is 0 Å². The molecule has 6 nitrogen and oxygen atoms in total. The highest BCUT2D eigenvalue weighted by Crippen LogP contribution is 2.13. The van der Waals surface area contributed by atoms with Gasteiger partial charge in [-0.2, -0.15) is 0 Å². The minimum Gasteiger partial charge on any atom is -0.468 e. The first-order valence-corrected chi connectivity index (χ1v) is 8.03. The summed E-state index contributed by atoms with van der Waals surface area (Å²) in [4.78, 5) is 11.0. The lowest BCUT2D eigenvalue weighted by molar-refractivity contribution is -0.137. The molecule has 1 aromatic rings. The van der Waals surface area contributed by atoms with Crippen LogP contribution in [0.3, 0.4) is 0 Å². The van der Waals surface area contributed by atoms with Gasteiger partial charge in [0.15, 0.2) is 9.84 Å². The number of furan rings is 1. The third-order valence-electron chi connectivity index (χ3n) is 2.44. The van der Waals surface area contributed by atoms with Crippen molar-refractivity contribution >= 4 is 15.8 Å². The molecule has 0 bridgehead atoms. The van der Waals surface area contributed by atoms with Crippen molar-refractivity contribution in [1.82, 2.24) is 5.32 Å². The van der Waals surface area contributed by atoms with E-state index < -0.39 is 21.6 Å². The topological polar surface area (TPSA) is 85.6 Å². The Morgan fingerprint density at radius 2 is 1.90 bits per heavy atom. The first-order valence-electron chi connectivity index (χ1n) is 6.21. The van der Waals surface area contributed by atoms with E-state index in [4.69, 9.17) is 4.42 Å². The number of ether oxygens (including phenoxy) is 1. The van der Waals surface area contributed by atoms with Crippen molar-refractivity contribution in [2.75, 3.05) is 12.9 Å². The Kier molecular flexibility index (Phi) is 5.35. The Morgan fingerprint density at radius 3 is 2.45 bits per heavy atom. The van der Waals surface area contributed by atoms with Crippen LogP contribution in [0.4, 0.5) is 0 Å². The lowest BCUT2D eigenvalue weighted by Crippen LogP contribution is -2.34. The second-order valence-corrected chi connectivity index (χ2v) is 7.64.